The second kappa shape index (κ2) is 3.83. The van der Waals surface area contributed by atoms with Crippen molar-refractivity contribution in [3.63, 3.8) is 0 Å². The molecule has 0 heterocycles. The molecule has 0 spiro atoms. The molecule has 0 aliphatic carbocycles. The molecule has 0 bridgehead atoms. The third kappa shape index (κ3) is 2.04. The monoisotopic (exact) mass is 192 g/mol. The van der Waals surface area contributed by atoms with Gasteiger partial charge in [0.15, 0.2) is 5.78 Å². The number of aromatic carboxylic acids is 1. The molecular weight excluding hydrogens is 184 g/mol. The zero-order chi connectivity index (χ0) is 10.7. The molecule has 0 radical (unpaired) electrons. The Hall–Kier alpha value is -1.97. The number of carbonyl (C=O) groups is 3. The summed E-state index contributed by atoms with van der Waals surface area (Å²) in [5.74, 6) is -1.42. The highest BCUT2D eigenvalue weighted by molar-refractivity contribution is 5.99. The summed E-state index contributed by atoms with van der Waals surface area (Å²) in [4.78, 5) is 32.0. The van der Waals surface area contributed by atoms with Crippen LogP contribution in [0.1, 0.15) is 38.0 Å². The minimum absolute atomic E-state index is 0.0557. The van der Waals surface area contributed by atoms with Crippen molar-refractivity contribution in [2.45, 2.75) is 6.92 Å². The van der Waals surface area contributed by atoms with Crippen molar-refractivity contribution < 1.29 is 19.5 Å². The van der Waals surface area contributed by atoms with Gasteiger partial charge < -0.3 is 5.11 Å². The number of aldehydes is 1. The number of carboxylic acid groups (broad SMARTS) is 1. The summed E-state index contributed by atoms with van der Waals surface area (Å²) in [5, 5.41) is 8.68. The number of hydrogen-bond acceptors (Lipinski definition) is 3. The van der Waals surface area contributed by atoms with Crippen LogP contribution in [0, 0.1) is 0 Å². The molecule has 1 rings (SSSR count). The lowest BCUT2D eigenvalue weighted by Gasteiger charge is -2.00. The zero-order valence-electron chi connectivity index (χ0n) is 7.48. The van der Waals surface area contributed by atoms with Crippen LogP contribution >= 0.6 is 0 Å². The first-order chi connectivity index (χ1) is 6.54. The molecule has 0 saturated heterocycles. The van der Waals surface area contributed by atoms with Crippen molar-refractivity contribution in [1.82, 2.24) is 0 Å². The van der Waals surface area contributed by atoms with E-state index >= 15 is 0 Å². The van der Waals surface area contributed by atoms with Crippen LogP contribution in [0.2, 0.25) is 0 Å². The number of benzene rings is 1. The zero-order valence-corrected chi connectivity index (χ0v) is 7.48. The minimum Gasteiger partial charge on any atom is -0.478 e. The second-order valence-electron chi connectivity index (χ2n) is 2.82. The Balaban J connectivity index is 3.34. The fourth-order valence-corrected chi connectivity index (χ4v) is 1.05. The van der Waals surface area contributed by atoms with Gasteiger partial charge in [0.05, 0.1) is 5.56 Å². The van der Waals surface area contributed by atoms with Crippen LogP contribution in [-0.2, 0) is 0 Å². The average molecular weight is 192 g/mol. The Morgan fingerprint density at radius 3 is 2.21 bits per heavy atom. The molecule has 0 unspecified atom stereocenters. The molecule has 4 heteroatoms. The van der Waals surface area contributed by atoms with Crippen LogP contribution in [0.25, 0.3) is 0 Å². The molecule has 0 aliphatic heterocycles. The second-order valence-corrected chi connectivity index (χ2v) is 2.82. The Bertz CT molecular complexity index is 374. The lowest BCUT2D eigenvalue weighted by Crippen LogP contribution is -2.02. The Kier molecular flexibility index (Phi) is 2.76. The van der Waals surface area contributed by atoms with Crippen LogP contribution < -0.4 is 0 Å². The molecule has 0 fully saturated rings. The van der Waals surface area contributed by atoms with E-state index in [4.69, 9.17) is 5.11 Å². The van der Waals surface area contributed by atoms with Gasteiger partial charge in [-0.1, -0.05) is 0 Å². The first-order valence-electron chi connectivity index (χ1n) is 3.89. The van der Waals surface area contributed by atoms with Crippen molar-refractivity contribution in [1.29, 1.82) is 0 Å². The van der Waals surface area contributed by atoms with Gasteiger partial charge in [-0.15, -0.1) is 0 Å². The van der Waals surface area contributed by atoms with Crippen molar-refractivity contribution in [2.24, 2.45) is 0 Å². The van der Waals surface area contributed by atoms with E-state index in [9.17, 15) is 14.4 Å². The highest BCUT2D eigenvalue weighted by Crippen LogP contribution is 2.09. The van der Waals surface area contributed by atoms with E-state index < -0.39 is 5.97 Å². The highest BCUT2D eigenvalue weighted by atomic mass is 16.4. The number of hydrogen-bond donors (Lipinski definition) is 1. The number of ketones is 1. The van der Waals surface area contributed by atoms with E-state index in [-0.39, 0.29) is 22.5 Å². The number of rotatable bonds is 3. The van der Waals surface area contributed by atoms with E-state index in [0.717, 1.165) is 0 Å². The van der Waals surface area contributed by atoms with E-state index in [0.29, 0.717) is 6.29 Å². The first-order valence-corrected chi connectivity index (χ1v) is 3.89. The summed E-state index contributed by atoms with van der Waals surface area (Å²) in [6, 6.07) is 3.83. The molecule has 0 saturated carbocycles. The van der Waals surface area contributed by atoms with Crippen molar-refractivity contribution >= 4 is 18.0 Å². The van der Waals surface area contributed by atoms with Crippen LogP contribution in [0.4, 0.5) is 0 Å². The molecule has 0 amide bonds. The largest absolute Gasteiger partial charge is 0.478 e. The van der Waals surface area contributed by atoms with E-state index in [1.54, 1.807) is 0 Å². The summed E-state index contributed by atoms with van der Waals surface area (Å²) >= 11 is 0. The number of carbonyl (C=O) groups excluding carboxylic acids is 2. The Labute approximate surface area is 80.2 Å². The molecule has 0 aromatic heterocycles. The van der Waals surface area contributed by atoms with Gasteiger partial charge in [0.1, 0.15) is 6.29 Å². The van der Waals surface area contributed by atoms with Gasteiger partial charge in [-0.2, -0.15) is 0 Å². The molecule has 14 heavy (non-hydrogen) atoms. The first kappa shape index (κ1) is 10.1. The van der Waals surface area contributed by atoms with Gasteiger partial charge in [-0.25, -0.2) is 4.79 Å². The van der Waals surface area contributed by atoms with E-state index in [1.165, 1.54) is 25.1 Å². The maximum atomic E-state index is 11.0. The van der Waals surface area contributed by atoms with E-state index in [2.05, 4.69) is 0 Å². The number of carboxylic acids is 1. The topological polar surface area (TPSA) is 71.4 Å². The molecule has 72 valence electrons. The molecule has 1 N–H and O–H groups in total. The summed E-state index contributed by atoms with van der Waals surface area (Å²) < 4.78 is 0. The molecular formula is C10H8O4. The van der Waals surface area contributed by atoms with Crippen LogP contribution in [0.15, 0.2) is 18.2 Å². The SMILES string of the molecule is CC(=O)c1cc(C=O)cc(C(=O)O)c1. The van der Waals surface area contributed by atoms with Crippen LogP contribution in [0.5, 0.6) is 0 Å². The van der Waals surface area contributed by atoms with Crippen LogP contribution in [0.3, 0.4) is 0 Å². The predicted molar refractivity (Wildman–Crippen MR) is 48.8 cm³/mol. The molecule has 1 aromatic rings. The molecule has 4 nitrogen and oxygen atoms in total. The number of Topliss-reactive ketones (excluding diaryl/α,β-unsaturated/α-hetero) is 1. The maximum absolute atomic E-state index is 11.0. The predicted octanol–water partition coefficient (Wildman–Crippen LogP) is 1.40. The van der Waals surface area contributed by atoms with Gasteiger partial charge >= 0.3 is 5.97 Å². The highest BCUT2D eigenvalue weighted by Gasteiger charge is 2.08. The summed E-state index contributed by atoms with van der Waals surface area (Å²) in [5.41, 5.74) is 0.363. The fourth-order valence-electron chi connectivity index (χ4n) is 1.05. The van der Waals surface area contributed by atoms with Crippen LogP contribution in [-0.4, -0.2) is 23.1 Å². The standard InChI is InChI=1S/C10H8O4/c1-6(12)8-2-7(5-11)3-9(4-8)10(13)14/h2-5H,1H3,(H,13,14). The Morgan fingerprint density at radius 1 is 1.21 bits per heavy atom. The quantitative estimate of drug-likeness (QED) is 0.580. The molecule has 0 aliphatic rings. The van der Waals surface area contributed by atoms with Gasteiger partial charge in [-0.05, 0) is 25.1 Å². The fraction of sp³-hybridized carbons (Fsp3) is 0.100. The summed E-state index contributed by atoms with van der Waals surface area (Å²) in [6.07, 6.45) is 0.513. The normalized spacial score (nSPS) is 9.50. The third-order valence-electron chi connectivity index (χ3n) is 1.74. The third-order valence-corrected chi connectivity index (χ3v) is 1.74. The summed E-state index contributed by atoms with van der Waals surface area (Å²) in [6.45, 7) is 1.32. The Morgan fingerprint density at radius 2 is 1.79 bits per heavy atom. The van der Waals surface area contributed by atoms with Crippen molar-refractivity contribution in [3.8, 4) is 0 Å². The van der Waals surface area contributed by atoms with Gasteiger partial charge in [-0.3, -0.25) is 9.59 Å². The molecule has 1 aromatic carbocycles. The maximum Gasteiger partial charge on any atom is 0.335 e. The van der Waals surface area contributed by atoms with E-state index in [1.807, 2.05) is 0 Å². The summed E-state index contributed by atoms with van der Waals surface area (Å²) in [7, 11) is 0. The lowest BCUT2D eigenvalue weighted by atomic mass is 10.0. The van der Waals surface area contributed by atoms with Gasteiger partial charge in [0.25, 0.3) is 0 Å². The van der Waals surface area contributed by atoms with Crippen molar-refractivity contribution in [3.05, 3.63) is 34.9 Å². The van der Waals surface area contributed by atoms with Crippen molar-refractivity contribution in [2.75, 3.05) is 0 Å². The van der Waals surface area contributed by atoms with Gasteiger partial charge in [0, 0.05) is 11.1 Å². The van der Waals surface area contributed by atoms with Gasteiger partial charge in [0.2, 0.25) is 0 Å². The smallest absolute Gasteiger partial charge is 0.335 e. The average Bonchev–Trinajstić information content (AvgIpc) is 2.16. The lowest BCUT2D eigenvalue weighted by molar-refractivity contribution is 0.0697. The molecule has 0 atom stereocenters. The minimum atomic E-state index is -1.16.